The minimum absolute atomic E-state index is 0.130. The van der Waals surface area contributed by atoms with Crippen LogP contribution >= 0.6 is 0 Å². The number of fused-ring (bicyclic) bond motifs is 2. The lowest BCUT2D eigenvalue weighted by Gasteiger charge is -2.43. The third-order valence-corrected chi connectivity index (χ3v) is 7.59. The van der Waals surface area contributed by atoms with Crippen molar-refractivity contribution in [3.63, 3.8) is 0 Å². The van der Waals surface area contributed by atoms with Gasteiger partial charge in [0.2, 0.25) is 17.5 Å². The lowest BCUT2D eigenvalue weighted by atomic mass is 9.64. The monoisotopic (exact) mass is 354 g/mol. The highest BCUT2D eigenvalue weighted by molar-refractivity contribution is 6.48. The summed E-state index contributed by atoms with van der Waals surface area (Å²) in [6.45, 7) is 8.38. The van der Waals surface area contributed by atoms with Crippen molar-refractivity contribution in [2.24, 2.45) is 16.2 Å². The van der Waals surface area contributed by atoms with E-state index in [1.807, 2.05) is 43.9 Å². The fourth-order valence-electron chi connectivity index (χ4n) is 5.32. The number of carbonyl (C=O) groups is 3. The highest BCUT2D eigenvalue weighted by Gasteiger charge is 2.78. The second-order valence-corrected chi connectivity index (χ2v) is 8.64. The van der Waals surface area contributed by atoms with Crippen molar-refractivity contribution < 1.29 is 14.4 Å². The maximum Gasteiger partial charge on any atom is 0.237 e. The van der Waals surface area contributed by atoms with E-state index in [2.05, 4.69) is 17.0 Å². The number of rotatable bonds is 2. The normalized spacial score (nSPS) is 33.0. The van der Waals surface area contributed by atoms with E-state index in [1.54, 1.807) is 0 Å². The maximum absolute atomic E-state index is 13.5. The Bertz CT molecular complexity index is 780. The molecule has 2 aliphatic carbocycles. The molecule has 138 valence electrons. The molecule has 3 fully saturated rings. The molecule has 0 N–H and O–H groups in total. The third kappa shape index (κ3) is 1.89. The minimum atomic E-state index is -1.16. The second-order valence-electron chi connectivity index (χ2n) is 8.64. The van der Waals surface area contributed by atoms with E-state index < -0.39 is 22.0 Å². The maximum atomic E-state index is 13.5. The number of piperazine rings is 1. The van der Waals surface area contributed by atoms with Gasteiger partial charge in [0.15, 0.2) is 0 Å². The number of hydrogen-bond donors (Lipinski definition) is 0. The molecule has 5 nitrogen and oxygen atoms in total. The summed E-state index contributed by atoms with van der Waals surface area (Å²) in [6, 6.07) is 10.2. The van der Waals surface area contributed by atoms with Gasteiger partial charge in [0.25, 0.3) is 0 Å². The molecule has 1 aromatic carbocycles. The summed E-state index contributed by atoms with van der Waals surface area (Å²) in [4.78, 5) is 43.0. The topological polar surface area (TPSA) is 57.7 Å². The number of Topliss-reactive ketones (excluding diaryl/α,β-unsaturated/α-hetero) is 2. The Morgan fingerprint density at radius 2 is 1.50 bits per heavy atom. The molecule has 4 rings (SSSR count). The van der Waals surface area contributed by atoms with E-state index in [0.29, 0.717) is 25.9 Å². The molecular formula is C21H26N2O3. The zero-order chi connectivity index (χ0) is 18.7. The van der Waals surface area contributed by atoms with E-state index >= 15 is 0 Å². The van der Waals surface area contributed by atoms with Gasteiger partial charge in [-0.2, -0.15) is 0 Å². The number of hydrogen-bond acceptors (Lipinski definition) is 4. The standard InChI is InChI=1S/C21H26N2O3/c1-19(2)20(3)9-10-21(19,17(25)16(20)24)18(26)23-13-11-22(12-14-23)15-7-5-4-6-8-15/h4-8H,9-14H2,1-3H3/t20-,21-/m0/s1. The van der Waals surface area contributed by atoms with Crippen LogP contribution in [-0.4, -0.2) is 48.6 Å². The molecule has 0 radical (unpaired) electrons. The molecule has 0 aromatic heterocycles. The Hall–Kier alpha value is -2.17. The Morgan fingerprint density at radius 1 is 0.885 bits per heavy atom. The molecule has 3 aliphatic rings. The number of nitrogens with zero attached hydrogens (tertiary/aromatic N) is 2. The van der Waals surface area contributed by atoms with Crippen LogP contribution in [-0.2, 0) is 14.4 Å². The van der Waals surface area contributed by atoms with Gasteiger partial charge in [-0.15, -0.1) is 0 Å². The summed E-state index contributed by atoms with van der Waals surface area (Å²) in [5.74, 6) is -0.924. The number of benzene rings is 1. The summed E-state index contributed by atoms with van der Waals surface area (Å²) in [6.07, 6.45) is 1.12. The zero-order valence-corrected chi connectivity index (χ0v) is 15.7. The van der Waals surface area contributed by atoms with Crippen molar-refractivity contribution in [1.29, 1.82) is 0 Å². The van der Waals surface area contributed by atoms with Crippen molar-refractivity contribution in [2.75, 3.05) is 31.1 Å². The zero-order valence-electron chi connectivity index (χ0n) is 15.7. The van der Waals surface area contributed by atoms with Crippen LogP contribution in [0.5, 0.6) is 0 Å². The molecule has 1 aliphatic heterocycles. The van der Waals surface area contributed by atoms with E-state index in [1.165, 1.54) is 0 Å². The average Bonchev–Trinajstić information content (AvgIpc) is 2.93. The average molecular weight is 354 g/mol. The van der Waals surface area contributed by atoms with Crippen LogP contribution in [0.25, 0.3) is 0 Å². The molecule has 1 heterocycles. The molecule has 0 unspecified atom stereocenters. The van der Waals surface area contributed by atoms with Gasteiger partial charge in [-0.25, -0.2) is 0 Å². The van der Waals surface area contributed by atoms with Crippen molar-refractivity contribution in [3.05, 3.63) is 30.3 Å². The molecule has 2 saturated carbocycles. The van der Waals surface area contributed by atoms with Gasteiger partial charge in [-0.05, 0) is 30.4 Å². The van der Waals surface area contributed by atoms with E-state index in [-0.39, 0.29) is 11.7 Å². The van der Waals surface area contributed by atoms with E-state index in [0.717, 1.165) is 18.8 Å². The lowest BCUT2D eigenvalue weighted by molar-refractivity contribution is -0.155. The first-order valence-corrected chi connectivity index (χ1v) is 9.44. The quantitative estimate of drug-likeness (QED) is 0.604. The third-order valence-electron chi connectivity index (χ3n) is 7.59. The summed E-state index contributed by atoms with van der Waals surface area (Å²) < 4.78 is 0. The number of para-hydroxylation sites is 1. The minimum Gasteiger partial charge on any atom is -0.368 e. The SMILES string of the molecule is CC1(C)[C@@]2(C(=O)N3CCN(c4ccccc4)CC3)CC[C@@]1(C)C(=O)C2=O. The van der Waals surface area contributed by atoms with Gasteiger partial charge >= 0.3 is 0 Å². The summed E-state index contributed by atoms with van der Waals surface area (Å²) >= 11 is 0. The summed E-state index contributed by atoms with van der Waals surface area (Å²) in [7, 11) is 0. The first-order chi connectivity index (χ1) is 12.3. The smallest absolute Gasteiger partial charge is 0.237 e. The number of carbonyl (C=O) groups excluding carboxylic acids is 3. The van der Waals surface area contributed by atoms with Crippen molar-refractivity contribution in [1.82, 2.24) is 4.90 Å². The lowest BCUT2D eigenvalue weighted by Crippen LogP contribution is -2.57. The van der Waals surface area contributed by atoms with Crippen LogP contribution < -0.4 is 4.90 Å². The van der Waals surface area contributed by atoms with Gasteiger partial charge in [-0.3, -0.25) is 14.4 Å². The predicted octanol–water partition coefficient (Wildman–Crippen LogP) is 2.30. The van der Waals surface area contributed by atoms with E-state index in [4.69, 9.17) is 0 Å². The summed E-state index contributed by atoms with van der Waals surface area (Å²) in [5, 5.41) is 0. The molecule has 1 amide bonds. The molecule has 2 atom stereocenters. The fourth-order valence-corrected chi connectivity index (χ4v) is 5.32. The van der Waals surface area contributed by atoms with Crippen molar-refractivity contribution >= 4 is 23.2 Å². The molecule has 5 heteroatoms. The molecular weight excluding hydrogens is 328 g/mol. The highest BCUT2D eigenvalue weighted by atomic mass is 16.2. The first kappa shape index (κ1) is 17.3. The van der Waals surface area contributed by atoms with Crippen LogP contribution in [0.2, 0.25) is 0 Å². The van der Waals surface area contributed by atoms with Gasteiger partial charge in [-0.1, -0.05) is 39.0 Å². The van der Waals surface area contributed by atoms with Gasteiger partial charge in [0.1, 0.15) is 5.41 Å². The van der Waals surface area contributed by atoms with Crippen LogP contribution in [0.1, 0.15) is 33.6 Å². The predicted molar refractivity (Wildman–Crippen MR) is 98.8 cm³/mol. The molecule has 1 aromatic rings. The Balaban J connectivity index is 1.56. The van der Waals surface area contributed by atoms with Crippen LogP contribution in [0.4, 0.5) is 5.69 Å². The number of amides is 1. The van der Waals surface area contributed by atoms with Gasteiger partial charge in [0, 0.05) is 37.3 Å². The van der Waals surface area contributed by atoms with Crippen molar-refractivity contribution in [3.8, 4) is 0 Å². The molecule has 26 heavy (non-hydrogen) atoms. The van der Waals surface area contributed by atoms with Gasteiger partial charge < -0.3 is 9.80 Å². The van der Waals surface area contributed by atoms with Crippen LogP contribution in [0, 0.1) is 16.2 Å². The second kappa shape index (κ2) is 5.41. The molecule has 2 bridgehead atoms. The molecule has 0 spiro atoms. The Labute approximate surface area is 154 Å². The largest absolute Gasteiger partial charge is 0.368 e. The summed E-state index contributed by atoms with van der Waals surface area (Å²) in [5.41, 5.74) is -1.33. The molecule has 1 saturated heterocycles. The van der Waals surface area contributed by atoms with E-state index in [9.17, 15) is 14.4 Å². The fraction of sp³-hybridized carbons (Fsp3) is 0.571. The van der Waals surface area contributed by atoms with Gasteiger partial charge in [0.05, 0.1) is 0 Å². The van der Waals surface area contributed by atoms with Crippen LogP contribution in [0.15, 0.2) is 30.3 Å². The van der Waals surface area contributed by atoms with Crippen molar-refractivity contribution in [2.45, 2.75) is 33.6 Å². The Morgan fingerprint density at radius 3 is 2.04 bits per heavy atom. The first-order valence-electron chi connectivity index (χ1n) is 9.44. The Kier molecular flexibility index (Phi) is 3.59. The number of anilines is 1. The number of ketones is 2. The van der Waals surface area contributed by atoms with Crippen LogP contribution in [0.3, 0.4) is 0 Å². The highest BCUT2D eigenvalue weighted by Crippen LogP contribution is 2.69.